The van der Waals surface area contributed by atoms with E-state index in [0.29, 0.717) is 6.54 Å². The fraction of sp³-hybridized carbons (Fsp3) is 0.500. The van der Waals surface area contributed by atoms with Crippen LogP contribution >= 0.6 is 0 Å². The van der Waals surface area contributed by atoms with Crippen LogP contribution in [0.25, 0.3) is 0 Å². The van der Waals surface area contributed by atoms with Crippen LogP contribution < -0.4 is 0 Å². The normalized spacial score (nSPS) is 11.2. The maximum absolute atomic E-state index is 12.8. The van der Waals surface area contributed by atoms with Gasteiger partial charge in [-0.3, -0.25) is 4.99 Å². The molecule has 0 N–H and O–H groups in total. The van der Waals surface area contributed by atoms with E-state index in [1.54, 1.807) is 6.07 Å². The van der Waals surface area contributed by atoms with Crippen molar-refractivity contribution in [2.24, 2.45) is 4.99 Å². The molecule has 0 spiro atoms. The number of halogens is 3. The van der Waals surface area contributed by atoms with Gasteiger partial charge in [0.25, 0.3) is 0 Å². The van der Waals surface area contributed by atoms with Crippen LogP contribution in [0.5, 0.6) is 0 Å². The Morgan fingerprint density at radius 1 is 1.05 bits per heavy atom. The summed E-state index contributed by atoms with van der Waals surface area (Å²) in [6, 6.07) is 5.63. The van der Waals surface area contributed by atoms with Crippen molar-refractivity contribution in [1.82, 2.24) is 9.80 Å². The topological polar surface area (TPSA) is 18.8 Å². The second-order valence-corrected chi connectivity index (χ2v) is 4.88. The third-order valence-electron chi connectivity index (χ3n) is 2.76. The number of hydrogen-bond acceptors (Lipinski definition) is 1. The first kappa shape index (κ1) is 16.3. The lowest BCUT2D eigenvalue weighted by molar-refractivity contribution is -0.138. The number of aliphatic imine (C=N–C) groups is 1. The molecule has 0 aliphatic heterocycles. The average Bonchev–Trinajstić information content (AvgIpc) is 2.33. The number of benzene rings is 1. The number of hydrogen-bond donors (Lipinski definition) is 0. The maximum atomic E-state index is 12.8. The standard InChI is InChI=1S/C14H20F3N3/c1-19(2)13(20(3)4)18-10-9-11-7-5-6-8-12(11)14(15,16)17/h5-8H,9-10H2,1-4H3. The Morgan fingerprint density at radius 2 is 1.60 bits per heavy atom. The highest BCUT2D eigenvalue weighted by atomic mass is 19.4. The molecule has 0 radical (unpaired) electrons. The van der Waals surface area contributed by atoms with Crippen LogP contribution in [0.1, 0.15) is 11.1 Å². The fourth-order valence-corrected chi connectivity index (χ4v) is 1.97. The highest BCUT2D eigenvalue weighted by molar-refractivity contribution is 5.79. The average molecular weight is 287 g/mol. The number of alkyl halides is 3. The van der Waals surface area contributed by atoms with Crippen LogP contribution in [0.3, 0.4) is 0 Å². The molecule has 0 atom stereocenters. The molecule has 112 valence electrons. The zero-order valence-corrected chi connectivity index (χ0v) is 12.2. The minimum Gasteiger partial charge on any atom is -0.349 e. The molecule has 0 heterocycles. The van der Waals surface area contributed by atoms with E-state index in [2.05, 4.69) is 4.99 Å². The van der Waals surface area contributed by atoms with E-state index in [9.17, 15) is 13.2 Å². The van der Waals surface area contributed by atoms with Gasteiger partial charge < -0.3 is 9.80 Å². The molecule has 0 aromatic heterocycles. The van der Waals surface area contributed by atoms with Gasteiger partial charge in [0.05, 0.1) is 5.56 Å². The second kappa shape index (κ2) is 6.63. The molecule has 0 saturated carbocycles. The molecule has 3 nitrogen and oxygen atoms in total. The molecule has 1 aromatic rings. The molecular weight excluding hydrogens is 267 g/mol. The minimum absolute atomic E-state index is 0.265. The van der Waals surface area contributed by atoms with Crippen molar-refractivity contribution >= 4 is 5.96 Å². The van der Waals surface area contributed by atoms with E-state index in [1.165, 1.54) is 12.1 Å². The van der Waals surface area contributed by atoms with Crippen molar-refractivity contribution in [3.05, 3.63) is 35.4 Å². The Kier molecular flexibility index (Phi) is 5.42. The molecule has 6 heteroatoms. The first-order chi connectivity index (χ1) is 9.23. The van der Waals surface area contributed by atoms with Gasteiger partial charge in [-0.2, -0.15) is 13.2 Å². The van der Waals surface area contributed by atoms with Gasteiger partial charge in [-0.05, 0) is 18.1 Å². The van der Waals surface area contributed by atoms with Crippen molar-refractivity contribution < 1.29 is 13.2 Å². The molecule has 0 saturated heterocycles. The summed E-state index contributed by atoms with van der Waals surface area (Å²) in [6.45, 7) is 0.318. The van der Waals surface area contributed by atoms with Gasteiger partial charge in [0.1, 0.15) is 0 Å². The lowest BCUT2D eigenvalue weighted by Crippen LogP contribution is -2.35. The predicted molar refractivity (Wildman–Crippen MR) is 74.8 cm³/mol. The zero-order valence-electron chi connectivity index (χ0n) is 12.2. The highest BCUT2D eigenvalue weighted by Gasteiger charge is 2.32. The first-order valence-electron chi connectivity index (χ1n) is 6.27. The Morgan fingerprint density at radius 3 is 2.10 bits per heavy atom. The summed E-state index contributed by atoms with van der Waals surface area (Å²) in [5, 5.41) is 0. The summed E-state index contributed by atoms with van der Waals surface area (Å²) in [4.78, 5) is 8.00. The minimum atomic E-state index is -4.31. The van der Waals surface area contributed by atoms with Crippen molar-refractivity contribution in [3.63, 3.8) is 0 Å². The molecule has 0 fully saturated rings. The lowest BCUT2D eigenvalue weighted by atomic mass is 10.0. The Balaban J connectivity index is 2.83. The van der Waals surface area contributed by atoms with Crippen LogP contribution in [0.2, 0.25) is 0 Å². The fourth-order valence-electron chi connectivity index (χ4n) is 1.97. The molecule has 0 aliphatic rings. The van der Waals surface area contributed by atoms with Crippen LogP contribution in [0, 0.1) is 0 Å². The SMILES string of the molecule is CN(C)C(=NCCc1ccccc1C(F)(F)F)N(C)C. The summed E-state index contributed by atoms with van der Waals surface area (Å²) < 4.78 is 38.5. The van der Waals surface area contributed by atoms with Gasteiger partial charge in [-0.15, -0.1) is 0 Å². The predicted octanol–water partition coefficient (Wildman–Crippen LogP) is 2.73. The van der Waals surface area contributed by atoms with E-state index < -0.39 is 11.7 Å². The van der Waals surface area contributed by atoms with Gasteiger partial charge in [0.15, 0.2) is 5.96 Å². The molecule has 0 aliphatic carbocycles. The van der Waals surface area contributed by atoms with Crippen molar-refractivity contribution in [3.8, 4) is 0 Å². The van der Waals surface area contributed by atoms with Crippen LogP contribution in [-0.4, -0.2) is 50.5 Å². The largest absolute Gasteiger partial charge is 0.416 e. The summed E-state index contributed by atoms with van der Waals surface area (Å²) >= 11 is 0. The summed E-state index contributed by atoms with van der Waals surface area (Å²) in [5.41, 5.74) is -0.299. The molecule has 20 heavy (non-hydrogen) atoms. The Hall–Kier alpha value is -1.72. The molecule has 1 rings (SSSR count). The van der Waals surface area contributed by atoms with Gasteiger partial charge in [-0.25, -0.2) is 0 Å². The molecule has 1 aromatic carbocycles. The van der Waals surface area contributed by atoms with Crippen molar-refractivity contribution in [1.29, 1.82) is 0 Å². The maximum Gasteiger partial charge on any atom is 0.416 e. The number of guanidine groups is 1. The Labute approximate surface area is 117 Å². The second-order valence-electron chi connectivity index (χ2n) is 4.88. The van der Waals surface area contributed by atoms with E-state index >= 15 is 0 Å². The molecule has 0 unspecified atom stereocenters. The summed E-state index contributed by atoms with van der Waals surface area (Å²) in [5.74, 6) is 0.731. The van der Waals surface area contributed by atoms with E-state index in [-0.39, 0.29) is 12.0 Å². The van der Waals surface area contributed by atoms with Gasteiger partial charge in [0.2, 0.25) is 0 Å². The smallest absolute Gasteiger partial charge is 0.349 e. The molecule has 0 amide bonds. The van der Waals surface area contributed by atoms with E-state index in [4.69, 9.17) is 0 Å². The van der Waals surface area contributed by atoms with E-state index in [0.717, 1.165) is 12.0 Å². The van der Waals surface area contributed by atoms with Gasteiger partial charge in [-0.1, -0.05) is 18.2 Å². The zero-order chi connectivity index (χ0) is 15.3. The first-order valence-corrected chi connectivity index (χ1v) is 6.27. The number of nitrogens with zero attached hydrogens (tertiary/aromatic N) is 3. The third-order valence-corrected chi connectivity index (χ3v) is 2.76. The van der Waals surface area contributed by atoms with Crippen LogP contribution in [0.4, 0.5) is 13.2 Å². The van der Waals surface area contributed by atoms with Crippen LogP contribution in [-0.2, 0) is 12.6 Å². The summed E-state index contributed by atoms with van der Waals surface area (Å²) in [6.07, 6.45) is -4.05. The van der Waals surface area contributed by atoms with Crippen molar-refractivity contribution in [2.45, 2.75) is 12.6 Å². The number of rotatable bonds is 3. The summed E-state index contributed by atoms with van der Waals surface area (Å²) in [7, 11) is 7.40. The van der Waals surface area contributed by atoms with Crippen molar-refractivity contribution in [2.75, 3.05) is 34.7 Å². The highest BCUT2D eigenvalue weighted by Crippen LogP contribution is 2.31. The molecule has 0 bridgehead atoms. The molecular formula is C14H20F3N3. The monoisotopic (exact) mass is 287 g/mol. The Bertz CT molecular complexity index is 455. The van der Waals surface area contributed by atoms with E-state index in [1.807, 2.05) is 38.0 Å². The van der Waals surface area contributed by atoms with Crippen LogP contribution in [0.15, 0.2) is 29.3 Å². The van der Waals surface area contributed by atoms with Gasteiger partial charge in [0, 0.05) is 34.7 Å². The lowest BCUT2D eigenvalue weighted by Gasteiger charge is -2.22. The van der Waals surface area contributed by atoms with Gasteiger partial charge >= 0.3 is 6.18 Å². The quantitative estimate of drug-likeness (QED) is 0.629. The third kappa shape index (κ3) is 4.43.